The van der Waals surface area contributed by atoms with E-state index >= 15 is 0 Å². The van der Waals surface area contributed by atoms with Crippen LogP contribution in [0.2, 0.25) is 0 Å². The highest BCUT2D eigenvalue weighted by Crippen LogP contribution is 2.42. The van der Waals surface area contributed by atoms with E-state index in [2.05, 4.69) is 22.5 Å². The van der Waals surface area contributed by atoms with E-state index in [-0.39, 0.29) is 11.9 Å². The maximum atomic E-state index is 11.8. The molecule has 0 saturated carbocycles. The Bertz CT molecular complexity index is 627. The maximum absolute atomic E-state index is 11.8. The summed E-state index contributed by atoms with van der Waals surface area (Å²) in [6, 6.07) is 4.04. The van der Waals surface area contributed by atoms with Gasteiger partial charge in [0.1, 0.15) is 9.88 Å². The molecule has 0 bridgehead atoms. The van der Waals surface area contributed by atoms with E-state index in [0.29, 0.717) is 10.6 Å². The SMILES string of the molecule is CNC(=O)c1sc(NC(C)c2ccncc2)c(SC)c1N. The third-order valence-electron chi connectivity index (χ3n) is 3.09. The number of carbonyl (C=O) groups excluding carboxylic acids is 1. The number of amides is 1. The van der Waals surface area contributed by atoms with E-state index in [1.807, 2.05) is 18.4 Å². The van der Waals surface area contributed by atoms with E-state index in [1.54, 1.807) is 19.4 Å². The van der Waals surface area contributed by atoms with E-state index in [4.69, 9.17) is 5.73 Å². The number of nitrogens with two attached hydrogens (primary N) is 1. The number of aromatic nitrogens is 1. The normalized spacial score (nSPS) is 12.0. The molecule has 2 heterocycles. The summed E-state index contributed by atoms with van der Waals surface area (Å²) in [5, 5.41) is 6.97. The van der Waals surface area contributed by atoms with Crippen molar-refractivity contribution in [3.8, 4) is 0 Å². The summed E-state index contributed by atoms with van der Waals surface area (Å²) in [6.07, 6.45) is 5.48. The number of nitrogens with zero attached hydrogens (tertiary/aromatic N) is 1. The molecule has 1 amide bonds. The summed E-state index contributed by atoms with van der Waals surface area (Å²) in [5.74, 6) is -0.155. The summed E-state index contributed by atoms with van der Waals surface area (Å²) in [7, 11) is 1.60. The Balaban J connectivity index is 2.29. The lowest BCUT2D eigenvalue weighted by Gasteiger charge is -2.15. The monoisotopic (exact) mass is 322 g/mol. The Hall–Kier alpha value is -1.73. The number of pyridine rings is 1. The van der Waals surface area contributed by atoms with E-state index < -0.39 is 0 Å². The molecule has 21 heavy (non-hydrogen) atoms. The summed E-state index contributed by atoms with van der Waals surface area (Å²) in [4.78, 5) is 17.3. The molecular formula is C14H18N4OS2. The quantitative estimate of drug-likeness (QED) is 0.738. The first-order valence-electron chi connectivity index (χ1n) is 6.43. The summed E-state index contributed by atoms with van der Waals surface area (Å²) < 4.78 is 0. The van der Waals surface area contributed by atoms with E-state index in [0.717, 1.165) is 15.5 Å². The van der Waals surface area contributed by atoms with Gasteiger partial charge in [0.25, 0.3) is 5.91 Å². The first-order chi connectivity index (χ1) is 10.1. The molecule has 0 spiro atoms. The van der Waals surface area contributed by atoms with Crippen LogP contribution in [0.3, 0.4) is 0 Å². The molecule has 0 aliphatic carbocycles. The topological polar surface area (TPSA) is 80.0 Å². The Kier molecular flexibility index (Phi) is 5.08. The van der Waals surface area contributed by atoms with Crippen LogP contribution in [0.4, 0.5) is 10.7 Å². The molecule has 5 nitrogen and oxygen atoms in total. The number of rotatable bonds is 5. The molecule has 0 fully saturated rings. The van der Waals surface area contributed by atoms with Crippen LogP contribution in [0.25, 0.3) is 0 Å². The number of nitrogen functional groups attached to an aromatic ring is 1. The van der Waals surface area contributed by atoms with Gasteiger partial charge in [-0.2, -0.15) is 0 Å². The van der Waals surface area contributed by atoms with Gasteiger partial charge in [-0.3, -0.25) is 9.78 Å². The van der Waals surface area contributed by atoms with E-state index in [9.17, 15) is 4.79 Å². The van der Waals surface area contributed by atoms with Gasteiger partial charge in [0, 0.05) is 25.5 Å². The first-order valence-corrected chi connectivity index (χ1v) is 8.47. The van der Waals surface area contributed by atoms with Crippen molar-refractivity contribution in [3.05, 3.63) is 35.0 Å². The molecule has 1 unspecified atom stereocenters. The number of thiophene rings is 1. The minimum atomic E-state index is -0.155. The van der Waals surface area contributed by atoms with Crippen LogP contribution < -0.4 is 16.4 Å². The predicted molar refractivity (Wildman–Crippen MR) is 90.2 cm³/mol. The van der Waals surface area contributed by atoms with Crippen molar-refractivity contribution in [1.29, 1.82) is 0 Å². The number of anilines is 2. The van der Waals surface area contributed by atoms with Gasteiger partial charge in [-0.1, -0.05) is 0 Å². The van der Waals surface area contributed by atoms with Crippen molar-refractivity contribution in [2.24, 2.45) is 0 Å². The lowest BCUT2D eigenvalue weighted by atomic mass is 10.1. The molecule has 1 atom stereocenters. The third kappa shape index (κ3) is 3.30. The van der Waals surface area contributed by atoms with Gasteiger partial charge in [-0.05, 0) is 30.9 Å². The Morgan fingerprint density at radius 3 is 2.67 bits per heavy atom. The number of hydrogen-bond acceptors (Lipinski definition) is 6. The highest BCUT2D eigenvalue weighted by atomic mass is 32.2. The molecule has 4 N–H and O–H groups in total. The fourth-order valence-electron chi connectivity index (χ4n) is 1.94. The highest BCUT2D eigenvalue weighted by molar-refractivity contribution is 7.99. The Labute approximate surface area is 132 Å². The van der Waals surface area contributed by atoms with Gasteiger partial charge in [0.15, 0.2) is 0 Å². The lowest BCUT2D eigenvalue weighted by molar-refractivity contribution is 0.0968. The van der Waals surface area contributed by atoms with Crippen LogP contribution in [0, 0.1) is 0 Å². The standard InChI is InChI=1S/C14H18N4OS2/c1-8(9-4-6-17-7-5-9)18-14-12(20-3)10(15)11(21-14)13(19)16-2/h4-8,18H,15H2,1-3H3,(H,16,19). The molecule has 0 saturated heterocycles. The Morgan fingerprint density at radius 2 is 2.10 bits per heavy atom. The van der Waals surface area contributed by atoms with E-state index in [1.165, 1.54) is 23.1 Å². The maximum Gasteiger partial charge on any atom is 0.263 e. The van der Waals surface area contributed by atoms with Crippen molar-refractivity contribution >= 4 is 39.7 Å². The zero-order valence-corrected chi connectivity index (χ0v) is 13.8. The minimum Gasteiger partial charge on any atom is -0.396 e. The fourth-order valence-corrected chi connectivity index (χ4v) is 4.00. The van der Waals surface area contributed by atoms with Gasteiger partial charge >= 0.3 is 0 Å². The molecule has 0 aliphatic heterocycles. The Morgan fingerprint density at radius 1 is 1.43 bits per heavy atom. The second kappa shape index (κ2) is 6.82. The van der Waals surface area contributed by atoms with Crippen molar-refractivity contribution in [3.63, 3.8) is 0 Å². The van der Waals surface area contributed by atoms with Crippen LogP contribution in [0.15, 0.2) is 29.4 Å². The smallest absolute Gasteiger partial charge is 0.263 e. The van der Waals surface area contributed by atoms with Crippen LogP contribution in [-0.4, -0.2) is 24.2 Å². The number of carbonyl (C=O) groups is 1. The molecule has 2 rings (SSSR count). The zero-order valence-electron chi connectivity index (χ0n) is 12.1. The number of thioether (sulfide) groups is 1. The lowest BCUT2D eigenvalue weighted by Crippen LogP contribution is -2.17. The van der Waals surface area contributed by atoms with Gasteiger partial charge in [-0.25, -0.2) is 0 Å². The third-order valence-corrected chi connectivity index (χ3v) is 5.19. The van der Waals surface area contributed by atoms with Gasteiger partial charge < -0.3 is 16.4 Å². The zero-order chi connectivity index (χ0) is 15.4. The summed E-state index contributed by atoms with van der Waals surface area (Å²) in [5.41, 5.74) is 7.75. The second-order valence-corrected chi connectivity index (χ2v) is 6.27. The number of nitrogens with one attached hydrogen (secondary N) is 2. The molecule has 0 aromatic carbocycles. The van der Waals surface area contributed by atoms with Crippen molar-refractivity contribution in [2.45, 2.75) is 17.9 Å². The molecule has 2 aromatic rings. The van der Waals surface area contributed by atoms with Gasteiger partial charge in [0.2, 0.25) is 0 Å². The molecule has 2 aromatic heterocycles. The minimum absolute atomic E-state index is 0.106. The predicted octanol–water partition coefficient (Wildman–Crippen LogP) is 2.98. The molecule has 7 heteroatoms. The largest absolute Gasteiger partial charge is 0.396 e. The average Bonchev–Trinajstić information content (AvgIpc) is 2.83. The second-order valence-electron chi connectivity index (χ2n) is 4.43. The molecule has 112 valence electrons. The van der Waals surface area contributed by atoms with Crippen molar-refractivity contribution in [1.82, 2.24) is 10.3 Å². The van der Waals surface area contributed by atoms with Crippen LogP contribution in [0.1, 0.15) is 28.2 Å². The summed E-state index contributed by atoms with van der Waals surface area (Å²) in [6.45, 7) is 2.06. The van der Waals surface area contributed by atoms with Crippen molar-refractivity contribution in [2.75, 3.05) is 24.4 Å². The van der Waals surface area contributed by atoms with Crippen molar-refractivity contribution < 1.29 is 4.79 Å². The molecule has 0 radical (unpaired) electrons. The molecular weight excluding hydrogens is 304 g/mol. The highest BCUT2D eigenvalue weighted by Gasteiger charge is 2.21. The first kappa shape index (κ1) is 15.7. The number of hydrogen-bond donors (Lipinski definition) is 3. The fraction of sp³-hybridized carbons (Fsp3) is 0.286. The average molecular weight is 322 g/mol. The van der Waals surface area contributed by atoms with Gasteiger partial charge in [0.05, 0.1) is 10.6 Å². The summed E-state index contributed by atoms with van der Waals surface area (Å²) >= 11 is 2.92. The van der Waals surface area contributed by atoms with Crippen LogP contribution >= 0.6 is 23.1 Å². The van der Waals surface area contributed by atoms with Gasteiger partial charge in [-0.15, -0.1) is 23.1 Å². The molecule has 0 aliphatic rings. The van der Waals surface area contributed by atoms with Crippen LogP contribution in [0.5, 0.6) is 0 Å². The van der Waals surface area contributed by atoms with Crippen LogP contribution in [-0.2, 0) is 0 Å².